The molecule has 2 aromatic rings. The van der Waals surface area contributed by atoms with E-state index in [1.54, 1.807) is 12.1 Å². The lowest BCUT2D eigenvalue weighted by Gasteiger charge is -2.35. The van der Waals surface area contributed by atoms with E-state index in [0.717, 1.165) is 11.3 Å². The first-order valence-electron chi connectivity index (χ1n) is 8.73. The average molecular weight is 394 g/mol. The molecule has 0 radical (unpaired) electrons. The van der Waals surface area contributed by atoms with Crippen LogP contribution in [0.4, 0.5) is 5.69 Å². The molecule has 2 aromatic carbocycles. The molecule has 0 saturated carbocycles. The predicted octanol–water partition coefficient (Wildman–Crippen LogP) is 5.96. The summed E-state index contributed by atoms with van der Waals surface area (Å²) in [5, 5.41) is 0.456. The maximum Gasteiger partial charge on any atom is 0.179 e. The zero-order valence-corrected chi connectivity index (χ0v) is 17.1. The molecule has 0 saturated heterocycles. The van der Waals surface area contributed by atoms with E-state index in [9.17, 15) is 4.79 Å². The largest absolute Gasteiger partial charge is 0.487 e. The summed E-state index contributed by atoms with van der Waals surface area (Å²) < 4.78 is 6.10. The summed E-state index contributed by atoms with van der Waals surface area (Å²) in [6.45, 7) is 8.75. The number of alkyl halides is 1. The van der Waals surface area contributed by atoms with Gasteiger partial charge in [0.15, 0.2) is 5.78 Å². The molecule has 5 heteroatoms. The van der Waals surface area contributed by atoms with E-state index < -0.39 is 0 Å². The molecule has 0 aliphatic heterocycles. The molecule has 0 fully saturated rings. The van der Waals surface area contributed by atoms with E-state index in [4.69, 9.17) is 27.9 Å². The van der Waals surface area contributed by atoms with Crippen LogP contribution in [0.15, 0.2) is 42.5 Å². The molecule has 0 amide bonds. The quantitative estimate of drug-likeness (QED) is 0.408. The normalized spacial score (nSPS) is 11.1. The second-order valence-corrected chi connectivity index (χ2v) is 7.43. The first-order chi connectivity index (χ1) is 12.3. The number of ketones is 1. The Hall–Kier alpha value is -1.71. The van der Waals surface area contributed by atoms with Crippen LogP contribution in [-0.2, 0) is 6.61 Å². The van der Waals surface area contributed by atoms with Crippen molar-refractivity contribution in [3.8, 4) is 5.75 Å². The minimum absolute atomic E-state index is 0.102. The highest BCUT2D eigenvalue weighted by Gasteiger charge is 2.26. The van der Waals surface area contributed by atoms with Gasteiger partial charge in [0.25, 0.3) is 0 Å². The van der Waals surface area contributed by atoms with Gasteiger partial charge in [0.2, 0.25) is 0 Å². The number of carbonyl (C=O) groups is 1. The third kappa shape index (κ3) is 4.93. The molecule has 0 heterocycles. The molecule has 0 aliphatic carbocycles. The van der Waals surface area contributed by atoms with E-state index in [0.29, 0.717) is 22.9 Å². The number of hydrogen-bond acceptors (Lipinski definition) is 3. The van der Waals surface area contributed by atoms with E-state index in [-0.39, 0.29) is 23.7 Å². The van der Waals surface area contributed by atoms with Gasteiger partial charge in [0.05, 0.1) is 11.6 Å². The zero-order chi connectivity index (χ0) is 19.3. The molecule has 0 aromatic heterocycles. The minimum Gasteiger partial charge on any atom is -0.487 e. The van der Waals surface area contributed by atoms with Crippen LogP contribution in [-0.4, -0.2) is 23.7 Å². The highest BCUT2D eigenvalue weighted by molar-refractivity contribution is 6.33. The minimum atomic E-state index is -0.167. The van der Waals surface area contributed by atoms with Crippen molar-refractivity contribution < 1.29 is 9.53 Å². The van der Waals surface area contributed by atoms with Gasteiger partial charge in [-0.3, -0.25) is 4.79 Å². The van der Waals surface area contributed by atoms with Gasteiger partial charge in [-0.1, -0.05) is 41.9 Å². The summed E-state index contributed by atoms with van der Waals surface area (Å²) >= 11 is 12.1. The number of benzene rings is 2. The smallest absolute Gasteiger partial charge is 0.179 e. The SMILES string of the molecule is CC(C)N(c1c(OCc2ccccc2)cc(Cl)cc1C(=O)CCl)C(C)C. The summed E-state index contributed by atoms with van der Waals surface area (Å²) in [4.78, 5) is 14.7. The Morgan fingerprint density at radius 3 is 2.23 bits per heavy atom. The monoisotopic (exact) mass is 393 g/mol. The molecule has 140 valence electrons. The molecule has 26 heavy (non-hydrogen) atoms. The number of anilines is 1. The zero-order valence-electron chi connectivity index (χ0n) is 15.6. The van der Waals surface area contributed by atoms with Gasteiger partial charge in [-0.15, -0.1) is 11.6 Å². The Kier molecular flexibility index (Phi) is 7.36. The van der Waals surface area contributed by atoms with Crippen molar-refractivity contribution in [1.82, 2.24) is 0 Å². The standard InChI is InChI=1S/C21H25Cl2NO2/c1-14(2)24(15(3)4)21-18(19(25)12-22)10-17(23)11-20(21)26-13-16-8-6-5-7-9-16/h5-11,14-15H,12-13H2,1-4H3. The van der Waals surface area contributed by atoms with Gasteiger partial charge in [0.1, 0.15) is 12.4 Å². The van der Waals surface area contributed by atoms with Gasteiger partial charge in [-0.05, 0) is 39.3 Å². The molecule has 0 bridgehead atoms. The Morgan fingerprint density at radius 2 is 1.69 bits per heavy atom. The molecule has 0 spiro atoms. The number of hydrogen-bond donors (Lipinski definition) is 0. The lowest BCUT2D eigenvalue weighted by molar-refractivity contribution is 0.102. The first-order valence-corrected chi connectivity index (χ1v) is 9.64. The molecule has 0 atom stereocenters. The van der Waals surface area contributed by atoms with Crippen molar-refractivity contribution in [1.29, 1.82) is 0 Å². The third-order valence-corrected chi connectivity index (χ3v) is 4.53. The van der Waals surface area contributed by atoms with E-state index in [1.807, 2.05) is 30.3 Å². The van der Waals surface area contributed by atoms with Crippen LogP contribution in [0, 0.1) is 0 Å². The summed E-state index contributed by atoms with van der Waals surface area (Å²) in [6, 6.07) is 13.7. The maximum absolute atomic E-state index is 12.5. The van der Waals surface area contributed by atoms with E-state index in [1.165, 1.54) is 0 Å². The summed E-state index contributed by atoms with van der Waals surface area (Å²) in [7, 11) is 0. The molecular weight excluding hydrogens is 369 g/mol. The number of Topliss-reactive ketones (excluding diaryl/α,β-unsaturated/α-hetero) is 1. The van der Waals surface area contributed by atoms with Crippen LogP contribution in [0.1, 0.15) is 43.6 Å². The van der Waals surface area contributed by atoms with Crippen molar-refractivity contribution in [2.45, 2.75) is 46.4 Å². The molecule has 0 N–H and O–H groups in total. The van der Waals surface area contributed by atoms with Crippen LogP contribution in [0.2, 0.25) is 5.02 Å². The van der Waals surface area contributed by atoms with Gasteiger partial charge in [-0.25, -0.2) is 0 Å². The Labute approximate surface area is 165 Å². The Morgan fingerprint density at radius 1 is 1.08 bits per heavy atom. The molecule has 3 nitrogen and oxygen atoms in total. The van der Waals surface area contributed by atoms with Crippen LogP contribution >= 0.6 is 23.2 Å². The fourth-order valence-electron chi connectivity index (χ4n) is 3.08. The Bertz CT molecular complexity index is 737. The number of ether oxygens (including phenoxy) is 1. The van der Waals surface area contributed by atoms with Crippen molar-refractivity contribution in [3.63, 3.8) is 0 Å². The number of carbonyl (C=O) groups excluding carboxylic acids is 1. The summed E-state index contributed by atoms with van der Waals surface area (Å²) in [6.07, 6.45) is 0. The molecule has 2 rings (SSSR count). The van der Waals surface area contributed by atoms with Crippen molar-refractivity contribution >= 4 is 34.7 Å². The van der Waals surface area contributed by atoms with Gasteiger partial charge < -0.3 is 9.64 Å². The number of halogens is 2. The fourth-order valence-corrected chi connectivity index (χ4v) is 3.44. The molecule has 0 unspecified atom stereocenters. The van der Waals surface area contributed by atoms with Gasteiger partial charge in [-0.2, -0.15) is 0 Å². The van der Waals surface area contributed by atoms with Crippen LogP contribution in [0.5, 0.6) is 5.75 Å². The highest BCUT2D eigenvalue weighted by Crippen LogP contribution is 2.38. The molecular formula is C21H25Cl2NO2. The number of rotatable bonds is 8. The van der Waals surface area contributed by atoms with Crippen molar-refractivity contribution in [3.05, 3.63) is 58.6 Å². The third-order valence-electron chi connectivity index (χ3n) is 4.07. The van der Waals surface area contributed by atoms with Crippen LogP contribution < -0.4 is 9.64 Å². The highest BCUT2D eigenvalue weighted by atomic mass is 35.5. The van der Waals surface area contributed by atoms with Crippen molar-refractivity contribution in [2.24, 2.45) is 0 Å². The lowest BCUT2D eigenvalue weighted by Crippen LogP contribution is -2.38. The van der Waals surface area contributed by atoms with Crippen LogP contribution in [0.25, 0.3) is 0 Å². The predicted molar refractivity (Wildman–Crippen MR) is 110 cm³/mol. The fraction of sp³-hybridized carbons (Fsp3) is 0.381. The van der Waals surface area contributed by atoms with Gasteiger partial charge >= 0.3 is 0 Å². The summed E-state index contributed by atoms with van der Waals surface area (Å²) in [5.74, 6) is 0.326. The van der Waals surface area contributed by atoms with E-state index in [2.05, 4.69) is 32.6 Å². The maximum atomic E-state index is 12.5. The topological polar surface area (TPSA) is 29.5 Å². The molecule has 0 aliphatic rings. The van der Waals surface area contributed by atoms with Crippen molar-refractivity contribution in [2.75, 3.05) is 10.8 Å². The first kappa shape index (κ1) is 20.6. The second kappa shape index (κ2) is 9.29. The number of nitrogens with zero attached hydrogens (tertiary/aromatic N) is 1. The Balaban J connectivity index is 2.53. The van der Waals surface area contributed by atoms with Gasteiger partial charge in [0, 0.05) is 28.7 Å². The van der Waals surface area contributed by atoms with Crippen LogP contribution in [0.3, 0.4) is 0 Å². The van der Waals surface area contributed by atoms with E-state index >= 15 is 0 Å². The lowest BCUT2D eigenvalue weighted by atomic mass is 10.0. The summed E-state index contributed by atoms with van der Waals surface area (Å²) in [5.41, 5.74) is 2.29. The second-order valence-electron chi connectivity index (χ2n) is 6.73. The average Bonchev–Trinajstić information content (AvgIpc) is 2.60.